The van der Waals surface area contributed by atoms with Gasteiger partial charge in [-0.05, 0) is 81.4 Å². The Bertz CT molecular complexity index is 777. The Hall–Kier alpha value is -0.120. The Labute approximate surface area is 226 Å². The highest BCUT2D eigenvalue weighted by Gasteiger charge is 2.22. The van der Waals surface area contributed by atoms with Crippen LogP contribution in [0.15, 0.2) is 23.1 Å². The van der Waals surface area contributed by atoms with Gasteiger partial charge in [0.05, 0.1) is 4.90 Å². The molecule has 0 amide bonds. The topological polar surface area (TPSA) is 73.5 Å². The van der Waals surface area contributed by atoms with E-state index in [0.29, 0.717) is 11.4 Å². The number of halogens is 3. The SMILES string of the molecule is CN(CCCCCNCCNC1CCCCC1)S(=O)(=O)c1ccc2c(c1)CCNCC2.Cl.Cl.Cl. The summed E-state index contributed by atoms with van der Waals surface area (Å²) in [6.45, 7) is 5.51. The van der Waals surface area contributed by atoms with Gasteiger partial charge in [0.1, 0.15) is 0 Å². The fraction of sp³-hybridized carbons (Fsp3) is 0.750. The molecule has 1 aliphatic carbocycles. The summed E-state index contributed by atoms with van der Waals surface area (Å²) in [5.41, 5.74) is 2.44. The molecule has 10 heteroatoms. The van der Waals surface area contributed by atoms with Crippen molar-refractivity contribution >= 4 is 47.2 Å². The van der Waals surface area contributed by atoms with Crippen LogP contribution in [0, 0.1) is 0 Å². The van der Waals surface area contributed by atoms with Gasteiger partial charge in [-0.3, -0.25) is 0 Å². The number of benzene rings is 1. The van der Waals surface area contributed by atoms with Crippen molar-refractivity contribution in [3.05, 3.63) is 29.3 Å². The third-order valence-electron chi connectivity index (χ3n) is 6.69. The van der Waals surface area contributed by atoms with Crippen LogP contribution in [0.3, 0.4) is 0 Å². The molecule has 1 aromatic rings. The van der Waals surface area contributed by atoms with Gasteiger partial charge in [-0.25, -0.2) is 12.7 Å². The largest absolute Gasteiger partial charge is 0.316 e. The second kappa shape index (κ2) is 18.2. The molecule has 0 atom stereocenters. The maximum Gasteiger partial charge on any atom is 0.242 e. The second-order valence-corrected chi connectivity index (χ2v) is 11.2. The summed E-state index contributed by atoms with van der Waals surface area (Å²) in [4.78, 5) is 0.433. The number of unbranched alkanes of at least 4 members (excludes halogenated alkanes) is 2. The van der Waals surface area contributed by atoms with Crippen molar-refractivity contribution in [1.82, 2.24) is 20.3 Å². The van der Waals surface area contributed by atoms with Crippen LogP contribution in [0.5, 0.6) is 0 Å². The second-order valence-electron chi connectivity index (χ2n) is 9.11. The molecule has 3 rings (SSSR count). The zero-order chi connectivity index (χ0) is 21.9. The van der Waals surface area contributed by atoms with Crippen molar-refractivity contribution in [2.24, 2.45) is 0 Å². The van der Waals surface area contributed by atoms with Gasteiger partial charge in [0.25, 0.3) is 0 Å². The lowest BCUT2D eigenvalue weighted by molar-refractivity contribution is 0.372. The summed E-state index contributed by atoms with van der Waals surface area (Å²) in [6.07, 6.45) is 11.7. The molecule has 1 aromatic carbocycles. The van der Waals surface area contributed by atoms with E-state index in [1.807, 2.05) is 12.1 Å². The molecule has 0 unspecified atom stereocenters. The normalized spacial score (nSPS) is 16.5. The van der Waals surface area contributed by atoms with Gasteiger partial charge in [0, 0.05) is 32.7 Å². The summed E-state index contributed by atoms with van der Waals surface area (Å²) in [5.74, 6) is 0. The van der Waals surface area contributed by atoms with E-state index in [1.54, 1.807) is 13.1 Å². The van der Waals surface area contributed by atoms with Crippen molar-refractivity contribution in [2.45, 2.75) is 75.1 Å². The lowest BCUT2D eigenvalue weighted by atomic mass is 9.95. The number of hydrogen-bond donors (Lipinski definition) is 3. The summed E-state index contributed by atoms with van der Waals surface area (Å²) < 4.78 is 27.4. The summed E-state index contributed by atoms with van der Waals surface area (Å²) >= 11 is 0. The Balaban J connectivity index is 0.00000363. The average Bonchev–Trinajstić information content (AvgIpc) is 3.03. The van der Waals surface area contributed by atoms with Crippen LogP contribution < -0.4 is 16.0 Å². The molecule has 1 heterocycles. The van der Waals surface area contributed by atoms with E-state index in [4.69, 9.17) is 0 Å². The van der Waals surface area contributed by atoms with E-state index in [9.17, 15) is 8.42 Å². The quantitative estimate of drug-likeness (QED) is 0.338. The van der Waals surface area contributed by atoms with Gasteiger partial charge in [0.15, 0.2) is 0 Å². The Kier molecular flexibility index (Phi) is 18.1. The molecule has 3 N–H and O–H groups in total. The van der Waals surface area contributed by atoms with E-state index in [1.165, 1.54) is 47.5 Å². The van der Waals surface area contributed by atoms with Crippen molar-refractivity contribution < 1.29 is 8.42 Å². The van der Waals surface area contributed by atoms with E-state index in [0.717, 1.165) is 70.9 Å². The highest BCUT2D eigenvalue weighted by molar-refractivity contribution is 7.89. The molecule has 0 spiro atoms. The van der Waals surface area contributed by atoms with Crippen LogP contribution in [0.2, 0.25) is 0 Å². The number of rotatable bonds is 12. The highest BCUT2D eigenvalue weighted by atomic mass is 35.5. The van der Waals surface area contributed by atoms with Crippen LogP contribution in [0.25, 0.3) is 0 Å². The molecule has 1 aliphatic heterocycles. The van der Waals surface area contributed by atoms with E-state index >= 15 is 0 Å². The molecule has 34 heavy (non-hydrogen) atoms. The molecule has 1 fully saturated rings. The number of sulfonamides is 1. The van der Waals surface area contributed by atoms with Crippen molar-refractivity contribution in [1.29, 1.82) is 0 Å². The maximum atomic E-state index is 13.0. The van der Waals surface area contributed by atoms with E-state index < -0.39 is 10.0 Å². The fourth-order valence-corrected chi connectivity index (χ4v) is 5.93. The average molecular weight is 560 g/mol. The first-order valence-electron chi connectivity index (χ1n) is 12.3. The smallest absolute Gasteiger partial charge is 0.242 e. The molecule has 1 saturated carbocycles. The zero-order valence-electron chi connectivity index (χ0n) is 20.5. The minimum atomic E-state index is -3.41. The van der Waals surface area contributed by atoms with Gasteiger partial charge in [-0.1, -0.05) is 31.7 Å². The predicted octanol–water partition coefficient (Wildman–Crippen LogP) is 3.94. The molecule has 0 radical (unpaired) electrons. The van der Waals surface area contributed by atoms with Crippen LogP contribution in [-0.2, 0) is 22.9 Å². The highest BCUT2D eigenvalue weighted by Crippen LogP contribution is 2.21. The number of nitrogens with zero attached hydrogens (tertiary/aromatic N) is 1. The molecular formula is C24H45Cl3N4O2S. The van der Waals surface area contributed by atoms with Gasteiger partial charge in [-0.15, -0.1) is 37.2 Å². The van der Waals surface area contributed by atoms with Crippen LogP contribution in [-0.4, -0.2) is 65.1 Å². The summed E-state index contributed by atoms with van der Waals surface area (Å²) in [5, 5.41) is 10.5. The summed E-state index contributed by atoms with van der Waals surface area (Å²) in [6, 6.07) is 6.39. The third-order valence-corrected chi connectivity index (χ3v) is 8.55. The first kappa shape index (κ1) is 33.9. The Morgan fingerprint density at radius 3 is 2.35 bits per heavy atom. The Morgan fingerprint density at radius 2 is 1.62 bits per heavy atom. The van der Waals surface area contributed by atoms with Gasteiger partial charge >= 0.3 is 0 Å². The Morgan fingerprint density at radius 1 is 0.912 bits per heavy atom. The monoisotopic (exact) mass is 558 g/mol. The summed E-state index contributed by atoms with van der Waals surface area (Å²) in [7, 11) is -1.70. The molecule has 6 nitrogen and oxygen atoms in total. The van der Waals surface area contributed by atoms with E-state index in [-0.39, 0.29) is 37.2 Å². The van der Waals surface area contributed by atoms with Crippen LogP contribution >= 0.6 is 37.2 Å². The van der Waals surface area contributed by atoms with Crippen LogP contribution in [0.4, 0.5) is 0 Å². The molecule has 0 aromatic heterocycles. The molecule has 0 saturated heterocycles. The number of fused-ring (bicyclic) bond motifs is 1. The van der Waals surface area contributed by atoms with E-state index in [2.05, 4.69) is 16.0 Å². The molecule has 0 bridgehead atoms. The fourth-order valence-electron chi connectivity index (χ4n) is 4.67. The predicted molar refractivity (Wildman–Crippen MR) is 150 cm³/mol. The minimum Gasteiger partial charge on any atom is -0.316 e. The molecule has 2 aliphatic rings. The zero-order valence-corrected chi connectivity index (χ0v) is 23.8. The number of hydrogen-bond acceptors (Lipinski definition) is 5. The van der Waals surface area contributed by atoms with Crippen LogP contribution in [0.1, 0.15) is 62.5 Å². The lowest BCUT2D eigenvalue weighted by Gasteiger charge is -2.22. The molecule has 200 valence electrons. The standard InChI is InChI=1S/C24H42N4O2S.3ClH/c1-28(19-7-3-6-14-25-17-18-27-23-8-4-2-5-9-23)31(29,30)24-11-10-21-12-15-26-16-13-22(21)20-24;;;/h10-11,20,23,25-27H,2-9,12-19H2,1H3;3*1H. The maximum absolute atomic E-state index is 13.0. The third kappa shape index (κ3) is 10.9. The minimum absolute atomic E-state index is 0. The first-order chi connectivity index (χ1) is 15.1. The van der Waals surface area contributed by atoms with Crippen molar-refractivity contribution in [3.8, 4) is 0 Å². The van der Waals surface area contributed by atoms with Crippen molar-refractivity contribution in [2.75, 3.05) is 46.3 Å². The number of nitrogens with one attached hydrogen (secondary N) is 3. The van der Waals surface area contributed by atoms with Crippen molar-refractivity contribution in [3.63, 3.8) is 0 Å². The van der Waals surface area contributed by atoms with Gasteiger partial charge < -0.3 is 16.0 Å². The molecular weight excluding hydrogens is 515 g/mol. The van der Waals surface area contributed by atoms with Gasteiger partial charge in [0.2, 0.25) is 10.0 Å². The first-order valence-corrected chi connectivity index (χ1v) is 13.7. The van der Waals surface area contributed by atoms with Gasteiger partial charge in [-0.2, -0.15) is 0 Å². The lowest BCUT2D eigenvalue weighted by Crippen LogP contribution is -2.36.